The minimum atomic E-state index is -4.71. The SMILES string of the molecule is CC(C)([CH]C(=O)N1CCC(O)(C(F)(F)F)CC1)C(N)=O. The summed E-state index contributed by atoms with van der Waals surface area (Å²) in [6.07, 6.45) is -4.77. The first-order chi connectivity index (χ1) is 8.89. The van der Waals surface area contributed by atoms with Crippen LogP contribution in [-0.2, 0) is 9.59 Å². The maximum atomic E-state index is 12.6. The average molecular weight is 295 g/mol. The predicted molar refractivity (Wildman–Crippen MR) is 64.1 cm³/mol. The highest BCUT2D eigenvalue weighted by Gasteiger charge is 2.55. The van der Waals surface area contributed by atoms with E-state index in [0.29, 0.717) is 0 Å². The summed E-state index contributed by atoms with van der Waals surface area (Å²) in [7, 11) is 0. The second-order valence-electron chi connectivity index (χ2n) is 5.58. The van der Waals surface area contributed by atoms with E-state index in [4.69, 9.17) is 5.73 Å². The number of carbonyl (C=O) groups is 2. The lowest BCUT2D eigenvalue weighted by molar-refractivity contribution is -0.272. The summed E-state index contributed by atoms with van der Waals surface area (Å²) in [5.74, 6) is -1.26. The van der Waals surface area contributed by atoms with Gasteiger partial charge in [-0.3, -0.25) is 9.59 Å². The molecule has 20 heavy (non-hydrogen) atoms. The third-order valence-electron chi connectivity index (χ3n) is 3.55. The molecule has 0 aromatic heterocycles. The van der Waals surface area contributed by atoms with Crippen LogP contribution in [0.15, 0.2) is 0 Å². The summed E-state index contributed by atoms with van der Waals surface area (Å²) in [5, 5.41) is 9.48. The number of rotatable bonds is 3. The molecular weight excluding hydrogens is 277 g/mol. The van der Waals surface area contributed by atoms with E-state index in [1.165, 1.54) is 18.7 Å². The number of aliphatic hydroxyl groups is 1. The first kappa shape index (κ1) is 16.7. The van der Waals surface area contributed by atoms with Crippen LogP contribution in [0.4, 0.5) is 13.2 Å². The molecule has 1 saturated heterocycles. The van der Waals surface area contributed by atoms with Crippen LogP contribution in [0.25, 0.3) is 0 Å². The lowest BCUT2D eigenvalue weighted by Crippen LogP contribution is -2.55. The Balaban J connectivity index is 2.63. The fraction of sp³-hybridized carbons (Fsp3) is 0.750. The second-order valence-corrected chi connectivity index (χ2v) is 5.58. The zero-order chi connectivity index (χ0) is 15.8. The second kappa shape index (κ2) is 5.23. The Labute approximate surface area is 114 Å². The Kier molecular flexibility index (Phi) is 4.38. The molecule has 0 bridgehead atoms. The molecule has 0 aromatic carbocycles. The van der Waals surface area contributed by atoms with Crippen LogP contribution in [0.3, 0.4) is 0 Å². The summed E-state index contributed by atoms with van der Waals surface area (Å²) < 4.78 is 37.8. The van der Waals surface area contributed by atoms with Crippen molar-refractivity contribution in [1.82, 2.24) is 4.90 Å². The minimum absolute atomic E-state index is 0.222. The highest BCUT2D eigenvalue weighted by molar-refractivity contribution is 5.94. The Hall–Kier alpha value is -1.31. The number of hydrogen-bond donors (Lipinski definition) is 2. The largest absolute Gasteiger partial charge is 0.417 e. The van der Waals surface area contributed by atoms with Crippen LogP contribution in [0.2, 0.25) is 0 Å². The van der Waals surface area contributed by atoms with Crippen molar-refractivity contribution in [3.8, 4) is 0 Å². The Morgan fingerprint density at radius 2 is 1.70 bits per heavy atom. The fourth-order valence-corrected chi connectivity index (χ4v) is 1.85. The van der Waals surface area contributed by atoms with Crippen molar-refractivity contribution in [2.45, 2.75) is 38.5 Å². The van der Waals surface area contributed by atoms with Crippen molar-refractivity contribution in [2.24, 2.45) is 11.1 Å². The molecule has 3 N–H and O–H groups in total. The van der Waals surface area contributed by atoms with Gasteiger partial charge in [-0.25, -0.2) is 0 Å². The van der Waals surface area contributed by atoms with Crippen LogP contribution >= 0.6 is 0 Å². The fourth-order valence-electron chi connectivity index (χ4n) is 1.85. The lowest BCUT2D eigenvalue weighted by Gasteiger charge is -2.39. The standard InChI is InChI=1S/C12H18F3N2O3/c1-10(2,9(16)19)7-8(18)17-5-3-11(20,4-6-17)12(13,14)15/h7,20H,3-6H2,1-2H3,(H2,16,19). The molecule has 1 rings (SSSR count). The monoisotopic (exact) mass is 295 g/mol. The van der Waals surface area contributed by atoms with Gasteiger partial charge in [-0.1, -0.05) is 13.8 Å². The van der Waals surface area contributed by atoms with E-state index < -0.39 is 41.8 Å². The molecule has 2 amide bonds. The average Bonchev–Trinajstić information content (AvgIpc) is 2.27. The number of alkyl halides is 3. The number of likely N-dealkylation sites (tertiary alicyclic amines) is 1. The van der Waals surface area contributed by atoms with E-state index in [-0.39, 0.29) is 13.1 Å². The Morgan fingerprint density at radius 1 is 1.25 bits per heavy atom. The van der Waals surface area contributed by atoms with E-state index in [0.717, 1.165) is 6.42 Å². The number of halogens is 3. The Bertz CT molecular complexity index is 399. The smallest absolute Gasteiger partial charge is 0.380 e. The molecule has 1 aliphatic heterocycles. The van der Waals surface area contributed by atoms with E-state index >= 15 is 0 Å². The molecule has 8 heteroatoms. The van der Waals surface area contributed by atoms with E-state index in [9.17, 15) is 27.9 Å². The van der Waals surface area contributed by atoms with Crippen molar-refractivity contribution < 1.29 is 27.9 Å². The number of carbonyl (C=O) groups excluding carboxylic acids is 2. The van der Waals surface area contributed by atoms with Gasteiger partial charge in [0.1, 0.15) is 0 Å². The van der Waals surface area contributed by atoms with Crippen molar-refractivity contribution in [2.75, 3.05) is 13.1 Å². The van der Waals surface area contributed by atoms with Crippen molar-refractivity contribution in [3.63, 3.8) is 0 Å². The molecule has 0 aliphatic carbocycles. The van der Waals surface area contributed by atoms with Crippen molar-refractivity contribution in [3.05, 3.63) is 6.42 Å². The molecule has 1 fully saturated rings. The molecular formula is C12H18F3N2O3. The van der Waals surface area contributed by atoms with Gasteiger partial charge in [0.25, 0.3) is 0 Å². The zero-order valence-corrected chi connectivity index (χ0v) is 11.3. The van der Waals surface area contributed by atoms with Gasteiger partial charge in [0.05, 0.1) is 11.8 Å². The molecule has 0 aromatic rings. The summed E-state index contributed by atoms with van der Waals surface area (Å²) in [6.45, 7) is 2.45. The maximum absolute atomic E-state index is 12.6. The number of nitrogens with zero attached hydrogens (tertiary/aromatic N) is 1. The molecule has 0 saturated carbocycles. The molecule has 115 valence electrons. The summed E-state index contributed by atoms with van der Waals surface area (Å²) in [4.78, 5) is 24.2. The first-order valence-electron chi connectivity index (χ1n) is 6.13. The lowest BCUT2D eigenvalue weighted by atomic mass is 9.86. The third-order valence-corrected chi connectivity index (χ3v) is 3.55. The van der Waals surface area contributed by atoms with Crippen LogP contribution in [-0.4, -0.2) is 46.7 Å². The highest BCUT2D eigenvalue weighted by Crippen LogP contribution is 2.38. The van der Waals surface area contributed by atoms with Crippen LogP contribution in [0.1, 0.15) is 26.7 Å². The van der Waals surface area contributed by atoms with E-state index in [1.807, 2.05) is 0 Å². The van der Waals surface area contributed by atoms with Gasteiger partial charge in [0, 0.05) is 25.9 Å². The Morgan fingerprint density at radius 3 is 2.05 bits per heavy atom. The maximum Gasteiger partial charge on any atom is 0.417 e. The summed E-state index contributed by atoms with van der Waals surface area (Å²) in [5.41, 5.74) is 1.20. The van der Waals surface area contributed by atoms with Gasteiger partial charge >= 0.3 is 6.18 Å². The van der Waals surface area contributed by atoms with Crippen LogP contribution in [0.5, 0.6) is 0 Å². The number of nitrogens with two attached hydrogens (primary N) is 1. The molecule has 1 aliphatic rings. The van der Waals surface area contributed by atoms with Crippen LogP contribution < -0.4 is 5.73 Å². The van der Waals surface area contributed by atoms with Gasteiger partial charge in [-0.05, 0) is 0 Å². The number of primary amides is 1. The first-order valence-corrected chi connectivity index (χ1v) is 6.13. The van der Waals surface area contributed by atoms with Gasteiger partial charge < -0.3 is 15.7 Å². The minimum Gasteiger partial charge on any atom is -0.380 e. The van der Waals surface area contributed by atoms with Gasteiger partial charge in [0.2, 0.25) is 11.8 Å². The number of amides is 2. The quantitative estimate of drug-likeness (QED) is 0.800. The molecule has 1 heterocycles. The highest BCUT2D eigenvalue weighted by atomic mass is 19.4. The predicted octanol–water partition coefficient (Wildman–Crippen LogP) is 0.618. The van der Waals surface area contributed by atoms with Crippen LogP contribution in [0, 0.1) is 11.8 Å². The number of hydrogen-bond acceptors (Lipinski definition) is 3. The van der Waals surface area contributed by atoms with E-state index in [2.05, 4.69) is 0 Å². The van der Waals surface area contributed by atoms with Crippen molar-refractivity contribution >= 4 is 11.8 Å². The van der Waals surface area contributed by atoms with Crippen molar-refractivity contribution in [1.29, 1.82) is 0 Å². The van der Waals surface area contributed by atoms with Gasteiger partial charge in [0.15, 0.2) is 5.60 Å². The number of piperidine rings is 1. The molecule has 1 radical (unpaired) electrons. The topological polar surface area (TPSA) is 83.6 Å². The molecule has 5 nitrogen and oxygen atoms in total. The molecule has 0 atom stereocenters. The summed E-state index contributed by atoms with van der Waals surface area (Å²) >= 11 is 0. The van der Waals surface area contributed by atoms with E-state index in [1.54, 1.807) is 0 Å². The zero-order valence-electron chi connectivity index (χ0n) is 11.3. The molecule has 0 unspecified atom stereocenters. The summed E-state index contributed by atoms with van der Waals surface area (Å²) in [6, 6.07) is 0. The normalized spacial score (nSPS) is 19.8. The molecule has 0 spiro atoms. The van der Waals surface area contributed by atoms with Gasteiger partial charge in [-0.15, -0.1) is 0 Å². The van der Waals surface area contributed by atoms with Gasteiger partial charge in [-0.2, -0.15) is 13.2 Å². The third kappa shape index (κ3) is 3.41.